The molecule has 0 radical (unpaired) electrons. The summed E-state index contributed by atoms with van der Waals surface area (Å²) >= 11 is 0. The maximum absolute atomic E-state index is 14.1. The molecule has 3 aromatic carbocycles. The van der Waals surface area contributed by atoms with E-state index in [9.17, 15) is 74.6 Å². The zero-order valence-corrected chi connectivity index (χ0v) is 24.3. The average Bonchev–Trinajstić information content (AvgIpc) is 3.28. The van der Waals surface area contributed by atoms with E-state index in [4.69, 9.17) is 0 Å². The minimum atomic E-state index is -2.49. The first-order valence-corrected chi connectivity index (χ1v) is 13.3. The van der Waals surface area contributed by atoms with Crippen LogP contribution in [0.4, 0.5) is 74.6 Å². The quantitative estimate of drug-likeness (QED) is 0.0584. The number of rotatable bonds is 4. The van der Waals surface area contributed by atoms with Crippen LogP contribution in [0.25, 0.3) is 32.7 Å². The highest BCUT2D eigenvalue weighted by atomic mass is 19.2. The second kappa shape index (κ2) is 13.1. The van der Waals surface area contributed by atoms with Crippen LogP contribution in [0.5, 0.6) is 23.0 Å². The first-order valence-electron chi connectivity index (χ1n) is 13.3. The lowest BCUT2D eigenvalue weighted by Gasteiger charge is -2.15. The molecule has 0 fully saturated rings. The monoisotopic (exact) mass is 781 g/mol. The molecule has 0 aliphatic carbocycles. The number of ether oxygens (including phenoxy) is 4. The Morgan fingerprint density at radius 3 is 1.17 bits per heavy atom. The average molecular weight is 781 g/mol. The highest BCUT2D eigenvalue weighted by molar-refractivity contribution is 5.89. The first kappa shape index (κ1) is 36.7. The predicted molar refractivity (Wildman–Crippen MR) is 137 cm³/mol. The van der Waals surface area contributed by atoms with E-state index in [0.29, 0.717) is 0 Å². The van der Waals surface area contributed by atoms with E-state index < -0.39 is 169 Å². The van der Waals surface area contributed by atoms with Gasteiger partial charge in [0.05, 0.1) is 16.2 Å². The van der Waals surface area contributed by atoms with Crippen LogP contribution in [0.15, 0.2) is 0 Å². The fourth-order valence-corrected chi connectivity index (χ4v) is 4.68. The summed E-state index contributed by atoms with van der Waals surface area (Å²) in [4.78, 5) is 8.04. The van der Waals surface area contributed by atoms with E-state index in [2.05, 4.69) is 33.9 Å². The minimum absolute atomic E-state index is 0.781. The third-order valence-corrected chi connectivity index (χ3v) is 7.01. The largest absolute Gasteiger partial charge is 0.453 e. The molecule has 0 spiro atoms. The van der Waals surface area contributed by atoms with Crippen molar-refractivity contribution in [1.29, 1.82) is 0 Å². The van der Waals surface area contributed by atoms with Gasteiger partial charge in [0, 0.05) is 0 Å². The molecule has 278 valence electrons. The highest BCUT2D eigenvalue weighted by Crippen LogP contribution is 2.41. The van der Waals surface area contributed by atoms with Crippen molar-refractivity contribution in [3.05, 3.63) is 99.3 Å². The Morgan fingerprint density at radius 2 is 0.717 bits per heavy atom. The normalized spacial score (nSPS) is 12.2. The van der Waals surface area contributed by atoms with Gasteiger partial charge in [0.25, 0.3) is 17.8 Å². The molecule has 24 heteroatoms. The lowest BCUT2D eigenvalue weighted by atomic mass is 10.1. The molecule has 0 atom stereocenters. The lowest BCUT2D eigenvalue weighted by Crippen LogP contribution is -2.13. The van der Waals surface area contributed by atoms with Crippen molar-refractivity contribution >= 4 is 32.7 Å². The van der Waals surface area contributed by atoms with Gasteiger partial charge in [-0.25, -0.2) is 58.9 Å². The Hall–Kier alpha value is -6.10. The minimum Gasteiger partial charge on any atom is -0.453 e. The summed E-state index contributed by atoms with van der Waals surface area (Å²) in [7, 11) is 0. The van der Waals surface area contributed by atoms with Crippen molar-refractivity contribution in [2.45, 2.75) is 0 Å². The van der Waals surface area contributed by atoms with Crippen LogP contribution in [0.1, 0.15) is 0 Å². The molecule has 7 nitrogen and oxygen atoms in total. The van der Waals surface area contributed by atoms with Crippen LogP contribution >= 0.6 is 0 Å². The second-order valence-corrected chi connectivity index (χ2v) is 9.90. The first-order chi connectivity index (χ1) is 24.9. The zero-order chi connectivity index (χ0) is 39.0. The third-order valence-electron chi connectivity index (χ3n) is 7.01. The molecule has 1 aliphatic heterocycles. The molecule has 7 rings (SSSR count). The number of aromatic nitrogens is 3. The molecule has 4 heterocycles. The van der Waals surface area contributed by atoms with E-state index >= 15 is 0 Å². The van der Waals surface area contributed by atoms with E-state index in [1.807, 2.05) is 0 Å². The van der Waals surface area contributed by atoms with Gasteiger partial charge in [0.1, 0.15) is 16.6 Å². The SMILES string of the molecule is Fc1nc2c(F)c(F)c(F)c(F)c2c(OCOc2c(F)c(F)nc3c(F)c(F)c(F)c(F)c23)c1F.Fc1nc2c(F)c(F)c3c(F)c2c(c1F)OCO3. The molecule has 53 heavy (non-hydrogen) atoms. The molecular weight excluding hydrogens is 777 g/mol. The molecule has 0 N–H and O–H groups in total. The summed E-state index contributed by atoms with van der Waals surface area (Å²) < 4.78 is 251. The fraction of sp³-hybridized carbons (Fsp3) is 0.0690. The summed E-state index contributed by atoms with van der Waals surface area (Å²) in [6.45, 7) is -2.48. The Kier molecular flexibility index (Phi) is 9.10. The summed E-state index contributed by atoms with van der Waals surface area (Å²) in [5, 5.41) is -3.98. The highest BCUT2D eigenvalue weighted by Gasteiger charge is 2.33. The van der Waals surface area contributed by atoms with Gasteiger partial charge in [0.2, 0.25) is 36.9 Å². The Labute approximate surface area is 277 Å². The molecule has 1 aliphatic rings. The zero-order valence-electron chi connectivity index (χ0n) is 24.3. The van der Waals surface area contributed by atoms with Gasteiger partial charge in [-0.1, -0.05) is 0 Å². The number of nitrogens with zero attached hydrogens (tertiary/aromatic N) is 3. The molecule has 0 unspecified atom stereocenters. The summed E-state index contributed by atoms with van der Waals surface area (Å²) in [5.74, 6) is -41.2. The van der Waals surface area contributed by atoms with Gasteiger partial charge in [-0.3, -0.25) is 0 Å². The van der Waals surface area contributed by atoms with Crippen molar-refractivity contribution < 1.29 is 93.6 Å². The number of pyridine rings is 3. The molecule has 0 amide bonds. The fourth-order valence-electron chi connectivity index (χ4n) is 4.68. The van der Waals surface area contributed by atoms with Crippen molar-refractivity contribution in [1.82, 2.24) is 15.0 Å². The van der Waals surface area contributed by atoms with E-state index in [1.54, 1.807) is 0 Å². The number of halogens is 17. The third kappa shape index (κ3) is 5.58. The number of hydrogen-bond acceptors (Lipinski definition) is 7. The van der Waals surface area contributed by atoms with Gasteiger partial charge in [-0.15, -0.1) is 0 Å². The summed E-state index contributed by atoms with van der Waals surface area (Å²) in [6.07, 6.45) is 0. The van der Waals surface area contributed by atoms with Crippen LogP contribution in [0, 0.1) is 99.3 Å². The van der Waals surface area contributed by atoms with Crippen molar-refractivity contribution in [3.63, 3.8) is 0 Å². The standard InChI is InChI=1S/C19H2F12N2O2.C10H2F5NO2/c20-4-2-14(10(26)8(24)6(4)22)32-18(30)12(28)16(2)34-1-35-17-3-5(21)7(23)9(25)11(27)15(3)33-19(31)13(17)29;11-3-2-7-4(12)5(13)9(3)18-1-17-8(2)6(14)10(15)16-7/h1H2;1H2. The van der Waals surface area contributed by atoms with Gasteiger partial charge < -0.3 is 18.9 Å². The Morgan fingerprint density at radius 1 is 0.358 bits per heavy atom. The van der Waals surface area contributed by atoms with Gasteiger partial charge >= 0.3 is 0 Å². The molecule has 3 aromatic heterocycles. The van der Waals surface area contributed by atoms with Crippen LogP contribution in [0.2, 0.25) is 0 Å². The lowest BCUT2D eigenvalue weighted by molar-refractivity contribution is 0.111. The van der Waals surface area contributed by atoms with E-state index in [-0.39, 0.29) is 0 Å². The number of hydrogen-bond donors (Lipinski definition) is 0. The predicted octanol–water partition coefficient (Wildman–Crippen LogP) is 8.53. The molecule has 0 saturated heterocycles. The van der Waals surface area contributed by atoms with Crippen LogP contribution in [-0.4, -0.2) is 28.5 Å². The smallest absolute Gasteiger partial charge is 0.253 e. The number of benzene rings is 3. The topological polar surface area (TPSA) is 75.6 Å². The summed E-state index contributed by atoms with van der Waals surface area (Å²) in [6, 6.07) is 0. The van der Waals surface area contributed by atoms with E-state index in [0.717, 1.165) is 0 Å². The molecular formula is C29H4F17N3O4. The molecule has 0 saturated carbocycles. The van der Waals surface area contributed by atoms with Crippen molar-refractivity contribution in [3.8, 4) is 23.0 Å². The molecule has 6 aromatic rings. The number of fused-ring (bicyclic) bond motifs is 3. The molecule has 2 bridgehead atoms. The van der Waals surface area contributed by atoms with Gasteiger partial charge in [-0.2, -0.15) is 30.7 Å². The van der Waals surface area contributed by atoms with Crippen LogP contribution in [0.3, 0.4) is 0 Å². The maximum atomic E-state index is 14.1. The van der Waals surface area contributed by atoms with Gasteiger partial charge in [0.15, 0.2) is 81.2 Å². The van der Waals surface area contributed by atoms with Gasteiger partial charge in [-0.05, 0) is 0 Å². The Bertz CT molecular complexity index is 2460. The van der Waals surface area contributed by atoms with E-state index in [1.165, 1.54) is 0 Å². The van der Waals surface area contributed by atoms with Crippen LogP contribution < -0.4 is 18.9 Å². The second-order valence-electron chi connectivity index (χ2n) is 9.90. The Balaban J connectivity index is 0.000000222. The van der Waals surface area contributed by atoms with Crippen molar-refractivity contribution in [2.75, 3.05) is 13.6 Å². The van der Waals surface area contributed by atoms with Crippen molar-refractivity contribution in [2.24, 2.45) is 0 Å². The maximum Gasteiger partial charge on any atom is 0.253 e. The summed E-state index contributed by atoms with van der Waals surface area (Å²) in [5.41, 5.74) is -4.17. The van der Waals surface area contributed by atoms with Crippen LogP contribution in [-0.2, 0) is 0 Å².